The molecule has 0 aliphatic rings. The van der Waals surface area contributed by atoms with Crippen LogP contribution >= 0.6 is 0 Å². The molecule has 0 atom stereocenters. The average molecular weight is 758 g/mol. The van der Waals surface area contributed by atoms with E-state index in [2.05, 4.69) is 37.2 Å². The molecule has 3 aromatic carbocycles. The Labute approximate surface area is 320 Å². The molecule has 2 N–H and O–H groups in total. The van der Waals surface area contributed by atoms with Crippen molar-refractivity contribution in [1.82, 2.24) is 30.0 Å². The molecule has 0 amide bonds. The molecule has 0 spiro atoms. The number of rotatable bonds is 10. The number of aryl methyl sites for hydroxylation is 1. The number of benzene rings is 3. The third kappa shape index (κ3) is 13.9. The zero-order valence-electron chi connectivity index (χ0n) is 32.5. The minimum atomic E-state index is -0.459. The quantitative estimate of drug-likeness (QED) is 0.0628. The molecular weight excluding hydrogens is 710 g/mol. The van der Waals surface area contributed by atoms with Crippen molar-refractivity contribution >= 4 is 23.6 Å². The summed E-state index contributed by atoms with van der Waals surface area (Å²) in [5, 5.41) is 15.7. The largest absolute Gasteiger partial charge is 0.497 e. The number of esters is 3. The zero-order chi connectivity index (χ0) is 40.8. The lowest BCUT2D eigenvalue weighted by Crippen LogP contribution is -2.13. The van der Waals surface area contributed by atoms with Crippen molar-refractivity contribution in [2.45, 2.75) is 41.5 Å². The highest BCUT2D eigenvalue weighted by Crippen LogP contribution is 2.19. The highest BCUT2D eigenvalue weighted by molar-refractivity contribution is 5.89. The van der Waals surface area contributed by atoms with E-state index in [1.54, 1.807) is 104 Å². The maximum absolute atomic E-state index is 11.9. The van der Waals surface area contributed by atoms with E-state index in [4.69, 9.17) is 29.4 Å². The Bertz CT molecular complexity index is 2000. The van der Waals surface area contributed by atoms with E-state index in [1.165, 1.54) is 4.68 Å². The fourth-order valence-corrected chi connectivity index (χ4v) is 4.25. The van der Waals surface area contributed by atoms with Crippen LogP contribution in [0.15, 0.2) is 72.8 Å². The summed E-state index contributed by atoms with van der Waals surface area (Å²) in [6.45, 7) is 11.4. The first-order valence-electron chi connectivity index (χ1n) is 16.9. The van der Waals surface area contributed by atoms with Gasteiger partial charge >= 0.3 is 17.9 Å². The van der Waals surface area contributed by atoms with Crippen LogP contribution in [-0.2, 0) is 19.0 Å². The molecule has 0 unspecified atom stereocenters. The van der Waals surface area contributed by atoms with Crippen LogP contribution in [0.4, 0.5) is 5.69 Å². The summed E-state index contributed by atoms with van der Waals surface area (Å²) in [7, 11) is 4.83. The number of carbonyl (C=O) groups excluding carboxylic acids is 3. The van der Waals surface area contributed by atoms with Gasteiger partial charge in [-0.1, -0.05) is 16.3 Å². The summed E-state index contributed by atoms with van der Waals surface area (Å²) in [5.41, 5.74) is 9.47. The lowest BCUT2D eigenvalue weighted by Gasteiger charge is -2.07. The van der Waals surface area contributed by atoms with Crippen LogP contribution in [0.25, 0.3) is 11.4 Å². The number of methoxy groups -OCH3 is 3. The molecule has 0 fully saturated rings. The Balaban J connectivity index is 0.000000272. The fraction of sp³-hybridized carbons (Fsp3) is 0.308. The van der Waals surface area contributed by atoms with Gasteiger partial charge < -0.3 is 34.2 Å². The van der Waals surface area contributed by atoms with E-state index in [-0.39, 0.29) is 5.69 Å². The van der Waals surface area contributed by atoms with Crippen molar-refractivity contribution in [3.8, 4) is 40.5 Å². The van der Waals surface area contributed by atoms with Crippen LogP contribution in [0.1, 0.15) is 60.1 Å². The number of nitrogens with zero attached hydrogens (tertiary/aromatic N) is 6. The Morgan fingerprint density at radius 2 is 1.07 bits per heavy atom. The summed E-state index contributed by atoms with van der Waals surface area (Å²) in [5.74, 6) is 5.65. The first kappa shape index (κ1) is 44.3. The first-order valence-corrected chi connectivity index (χ1v) is 16.9. The minimum absolute atomic E-state index is 0.234. The third-order valence-electron chi connectivity index (χ3n) is 6.92. The number of ether oxygens (including phenoxy) is 6. The molecule has 0 aliphatic carbocycles. The van der Waals surface area contributed by atoms with E-state index in [0.717, 1.165) is 34.3 Å². The van der Waals surface area contributed by atoms with Gasteiger partial charge in [0.1, 0.15) is 17.2 Å². The monoisotopic (exact) mass is 757 g/mol. The first-order chi connectivity index (χ1) is 26.5. The van der Waals surface area contributed by atoms with Gasteiger partial charge in [-0.25, -0.2) is 23.7 Å². The van der Waals surface area contributed by atoms with Gasteiger partial charge in [0.15, 0.2) is 11.4 Å². The van der Waals surface area contributed by atoms with Gasteiger partial charge in [-0.2, -0.15) is 0 Å². The van der Waals surface area contributed by atoms with E-state index >= 15 is 0 Å². The van der Waals surface area contributed by atoms with Crippen LogP contribution < -0.4 is 19.9 Å². The standard InChI is InChI=1S/2C13H15N3O3.C7H9NO.C6H8O2/c1-4-19-13(17)12-9(2)16(15-14-12)10-5-7-11(18-3)8-6-10;1-4-19-13(17)12-9(2)14-15-16(12)10-5-7-11(18-3)8-6-10;1-9-7-4-2-6(8)3-5-7;1-3-5-6(7)8-4-2/h2*5-8H,4H2,1-3H3;2-5H,8H2,1H3;4H2,1-2H3. The normalized spacial score (nSPS) is 9.55. The summed E-state index contributed by atoms with van der Waals surface area (Å²) < 4.78 is 32.5. The number of hydrogen-bond donors (Lipinski definition) is 1. The van der Waals surface area contributed by atoms with Crippen molar-refractivity contribution < 1.29 is 42.8 Å². The van der Waals surface area contributed by atoms with Crippen molar-refractivity contribution in [1.29, 1.82) is 0 Å². The maximum Gasteiger partial charge on any atom is 0.384 e. The van der Waals surface area contributed by atoms with E-state index in [9.17, 15) is 14.4 Å². The zero-order valence-corrected chi connectivity index (χ0v) is 32.5. The third-order valence-corrected chi connectivity index (χ3v) is 6.92. The molecule has 0 radical (unpaired) electrons. The SMILES string of the molecule is CC#CC(=O)OCC.CCOC(=O)c1c(C)nnn1-c1ccc(OC)cc1.CCOC(=O)c1nnn(-c2ccc(OC)cc2)c1C.COc1ccc(N)cc1. The number of carbonyl (C=O) groups is 3. The maximum atomic E-state index is 11.9. The van der Waals surface area contributed by atoms with Gasteiger partial charge in [0.2, 0.25) is 0 Å². The Morgan fingerprint density at radius 1 is 0.636 bits per heavy atom. The Kier molecular flexibility index (Phi) is 19.0. The van der Waals surface area contributed by atoms with Crippen LogP contribution in [0.5, 0.6) is 17.2 Å². The summed E-state index contributed by atoms with van der Waals surface area (Å²) in [6, 6.07) is 21.8. The predicted octanol–water partition coefficient (Wildman–Crippen LogP) is 5.37. The van der Waals surface area contributed by atoms with Gasteiger partial charge in [0, 0.05) is 11.6 Å². The number of anilines is 1. The van der Waals surface area contributed by atoms with Crippen LogP contribution in [0, 0.1) is 25.7 Å². The average Bonchev–Trinajstić information content (AvgIpc) is 3.78. The van der Waals surface area contributed by atoms with Gasteiger partial charge in [-0.15, -0.1) is 10.2 Å². The lowest BCUT2D eigenvalue weighted by molar-refractivity contribution is -0.136. The predicted molar refractivity (Wildman–Crippen MR) is 205 cm³/mol. The van der Waals surface area contributed by atoms with Gasteiger partial charge in [0.25, 0.3) is 0 Å². The molecule has 0 aliphatic heterocycles. The lowest BCUT2D eigenvalue weighted by atomic mass is 10.2. The van der Waals surface area contributed by atoms with Crippen molar-refractivity contribution in [3.05, 3.63) is 95.6 Å². The van der Waals surface area contributed by atoms with E-state index < -0.39 is 17.9 Å². The highest BCUT2D eigenvalue weighted by atomic mass is 16.5. The van der Waals surface area contributed by atoms with Crippen molar-refractivity contribution in [2.24, 2.45) is 0 Å². The number of nitrogens with two attached hydrogens (primary N) is 1. The molecule has 5 rings (SSSR count). The second kappa shape index (κ2) is 23.6. The molecule has 292 valence electrons. The number of nitrogen functional groups attached to an aromatic ring is 1. The molecule has 0 saturated carbocycles. The fourth-order valence-electron chi connectivity index (χ4n) is 4.25. The Hall–Kier alpha value is -6.89. The molecule has 0 bridgehead atoms. The number of aromatic nitrogens is 6. The molecule has 5 aromatic rings. The summed E-state index contributed by atoms with van der Waals surface area (Å²) >= 11 is 0. The van der Waals surface area contributed by atoms with E-state index in [0.29, 0.717) is 36.9 Å². The van der Waals surface area contributed by atoms with Gasteiger partial charge in [0.05, 0.1) is 63.9 Å². The molecule has 2 aromatic heterocycles. The van der Waals surface area contributed by atoms with E-state index in [1.807, 2.05) is 36.4 Å². The highest BCUT2D eigenvalue weighted by Gasteiger charge is 2.20. The van der Waals surface area contributed by atoms with Crippen LogP contribution in [0.3, 0.4) is 0 Å². The summed E-state index contributed by atoms with van der Waals surface area (Å²) in [6.07, 6.45) is 0. The molecular formula is C39H47N7O9. The topological polar surface area (TPSA) is 194 Å². The van der Waals surface area contributed by atoms with Gasteiger partial charge in [-0.3, -0.25) is 0 Å². The molecule has 0 saturated heterocycles. The minimum Gasteiger partial charge on any atom is -0.497 e. The smallest absolute Gasteiger partial charge is 0.384 e. The molecule has 16 heteroatoms. The summed E-state index contributed by atoms with van der Waals surface area (Å²) in [4.78, 5) is 33.8. The second-order valence-electron chi connectivity index (χ2n) is 10.6. The van der Waals surface area contributed by atoms with Crippen LogP contribution in [-0.4, -0.2) is 89.0 Å². The van der Waals surface area contributed by atoms with Crippen molar-refractivity contribution in [2.75, 3.05) is 46.9 Å². The number of hydrogen-bond acceptors (Lipinski definition) is 14. The van der Waals surface area contributed by atoms with Crippen molar-refractivity contribution in [3.63, 3.8) is 0 Å². The second-order valence-corrected chi connectivity index (χ2v) is 10.6. The molecule has 2 heterocycles. The molecule has 16 nitrogen and oxygen atoms in total. The molecule has 55 heavy (non-hydrogen) atoms. The van der Waals surface area contributed by atoms with Gasteiger partial charge in [-0.05, 0) is 114 Å². The Morgan fingerprint density at radius 3 is 1.53 bits per heavy atom. The van der Waals surface area contributed by atoms with Crippen LogP contribution in [0.2, 0.25) is 0 Å².